The van der Waals surface area contributed by atoms with Gasteiger partial charge >= 0.3 is 0 Å². The first-order valence-corrected chi connectivity index (χ1v) is 9.94. The van der Waals surface area contributed by atoms with Gasteiger partial charge in [-0.05, 0) is 49.5 Å². The van der Waals surface area contributed by atoms with Crippen LogP contribution in [0, 0.1) is 5.92 Å². The molecule has 6 heteroatoms. The van der Waals surface area contributed by atoms with Crippen LogP contribution in [0.5, 0.6) is 0 Å². The van der Waals surface area contributed by atoms with Crippen LogP contribution in [0.3, 0.4) is 0 Å². The lowest BCUT2D eigenvalue weighted by molar-refractivity contribution is 0.0196. The highest BCUT2D eigenvalue weighted by molar-refractivity contribution is 5.85. The van der Waals surface area contributed by atoms with E-state index in [4.69, 9.17) is 4.74 Å². The summed E-state index contributed by atoms with van der Waals surface area (Å²) in [4.78, 5) is 8.58. The van der Waals surface area contributed by atoms with E-state index in [9.17, 15) is 0 Å². The second-order valence-corrected chi connectivity index (χ2v) is 7.82. The molecule has 5 rings (SSSR count). The Labute approximate surface area is 158 Å². The molecule has 2 N–H and O–H groups in total. The Morgan fingerprint density at radius 3 is 2.78 bits per heavy atom. The first-order valence-electron chi connectivity index (χ1n) is 9.94. The molecule has 2 atom stereocenters. The van der Waals surface area contributed by atoms with E-state index >= 15 is 0 Å². The van der Waals surface area contributed by atoms with Crippen molar-refractivity contribution in [3.63, 3.8) is 0 Å². The van der Waals surface area contributed by atoms with Crippen molar-refractivity contribution in [3.05, 3.63) is 48.4 Å². The zero-order valence-corrected chi connectivity index (χ0v) is 15.3. The maximum absolute atomic E-state index is 6.25. The van der Waals surface area contributed by atoms with Gasteiger partial charge in [0.1, 0.15) is 12.1 Å². The number of fused-ring (bicyclic) bond motifs is 1. The van der Waals surface area contributed by atoms with E-state index in [2.05, 4.69) is 55.8 Å². The second-order valence-electron chi connectivity index (χ2n) is 7.82. The van der Waals surface area contributed by atoms with Crippen molar-refractivity contribution in [2.75, 3.05) is 11.9 Å². The van der Waals surface area contributed by atoms with Crippen LogP contribution < -0.4 is 5.32 Å². The van der Waals surface area contributed by atoms with Crippen molar-refractivity contribution in [1.29, 1.82) is 0 Å². The molecule has 0 spiro atoms. The summed E-state index contributed by atoms with van der Waals surface area (Å²) in [6.07, 6.45) is 9.48. The summed E-state index contributed by atoms with van der Waals surface area (Å²) in [7, 11) is 0. The topological polar surface area (TPSA) is 75.7 Å². The molecule has 0 amide bonds. The highest BCUT2D eigenvalue weighted by Crippen LogP contribution is 2.47. The summed E-state index contributed by atoms with van der Waals surface area (Å²) in [5.74, 6) is 2.29. The molecule has 0 unspecified atom stereocenters. The SMILES string of the molecule is c1ccc([C@H]2C[C@@H]2COC2CCC(Nc3ncnc4[nH]ncc34)CC2)cc1. The fourth-order valence-electron chi connectivity index (χ4n) is 4.25. The number of anilines is 1. The molecule has 0 aliphatic heterocycles. The Morgan fingerprint density at radius 1 is 1.07 bits per heavy atom. The van der Waals surface area contributed by atoms with Crippen molar-refractivity contribution in [2.24, 2.45) is 5.92 Å². The lowest BCUT2D eigenvalue weighted by Crippen LogP contribution is -2.30. The highest BCUT2D eigenvalue weighted by atomic mass is 16.5. The van der Waals surface area contributed by atoms with Gasteiger partial charge in [0.25, 0.3) is 0 Å². The van der Waals surface area contributed by atoms with E-state index in [1.54, 1.807) is 12.5 Å². The molecule has 27 heavy (non-hydrogen) atoms. The Hall–Kier alpha value is -2.47. The molecular weight excluding hydrogens is 338 g/mol. The van der Waals surface area contributed by atoms with E-state index in [-0.39, 0.29) is 0 Å². The minimum absolute atomic E-state index is 0.402. The van der Waals surface area contributed by atoms with Crippen molar-refractivity contribution in [2.45, 2.75) is 50.2 Å². The maximum atomic E-state index is 6.25. The monoisotopic (exact) mass is 363 g/mol. The fraction of sp³-hybridized carbons (Fsp3) is 0.476. The average molecular weight is 363 g/mol. The quantitative estimate of drug-likeness (QED) is 0.695. The first kappa shape index (κ1) is 16.7. The van der Waals surface area contributed by atoms with Crippen molar-refractivity contribution in [1.82, 2.24) is 20.2 Å². The Bertz CT molecular complexity index is 888. The summed E-state index contributed by atoms with van der Waals surface area (Å²) in [5.41, 5.74) is 2.25. The Balaban J connectivity index is 1.08. The van der Waals surface area contributed by atoms with Crippen LogP contribution in [-0.4, -0.2) is 38.9 Å². The minimum Gasteiger partial charge on any atom is -0.378 e. The third-order valence-corrected chi connectivity index (χ3v) is 5.96. The standard InChI is InChI=1S/C21H25N5O/c1-2-4-14(5-3-1)18-10-15(18)12-27-17-8-6-16(7-9-17)25-20-19-11-24-26-21(19)23-13-22-20/h1-5,11,13,15-18H,6-10,12H2,(H2,22,23,24,25,26)/t15-,16?,17?,18-/m1/s1. The molecule has 6 nitrogen and oxygen atoms in total. The highest BCUT2D eigenvalue weighted by Gasteiger charge is 2.38. The molecule has 2 heterocycles. The van der Waals surface area contributed by atoms with Gasteiger partial charge in [-0.15, -0.1) is 0 Å². The molecule has 2 aliphatic rings. The van der Waals surface area contributed by atoms with E-state index in [1.807, 2.05) is 0 Å². The van der Waals surface area contributed by atoms with Crippen molar-refractivity contribution < 1.29 is 4.74 Å². The number of benzene rings is 1. The molecular formula is C21H25N5O. The van der Waals surface area contributed by atoms with Gasteiger partial charge < -0.3 is 10.1 Å². The minimum atomic E-state index is 0.402. The van der Waals surface area contributed by atoms with E-state index < -0.39 is 0 Å². The number of nitrogens with one attached hydrogen (secondary N) is 2. The fourth-order valence-corrected chi connectivity index (χ4v) is 4.25. The van der Waals surface area contributed by atoms with Gasteiger partial charge in [-0.2, -0.15) is 5.10 Å². The van der Waals surface area contributed by atoms with Crippen molar-refractivity contribution in [3.8, 4) is 0 Å². The van der Waals surface area contributed by atoms with Gasteiger partial charge in [-0.1, -0.05) is 30.3 Å². The molecule has 1 aromatic carbocycles. The van der Waals surface area contributed by atoms with Gasteiger partial charge in [0.05, 0.1) is 24.3 Å². The smallest absolute Gasteiger partial charge is 0.160 e. The predicted octanol–water partition coefficient (Wildman–Crippen LogP) is 3.90. The van der Waals surface area contributed by atoms with Crippen LogP contribution in [0.25, 0.3) is 11.0 Å². The van der Waals surface area contributed by atoms with E-state index in [1.165, 1.54) is 12.0 Å². The van der Waals surface area contributed by atoms with E-state index in [0.29, 0.717) is 24.0 Å². The zero-order valence-electron chi connectivity index (χ0n) is 15.3. The lowest BCUT2D eigenvalue weighted by Gasteiger charge is -2.29. The Morgan fingerprint density at radius 2 is 1.93 bits per heavy atom. The summed E-state index contributed by atoms with van der Waals surface area (Å²) in [6, 6.07) is 11.3. The zero-order chi connectivity index (χ0) is 18.1. The number of hydrogen-bond donors (Lipinski definition) is 2. The van der Waals surface area contributed by atoms with Gasteiger partial charge in [0.15, 0.2) is 5.65 Å². The van der Waals surface area contributed by atoms with Gasteiger partial charge in [0.2, 0.25) is 0 Å². The first-order chi connectivity index (χ1) is 13.4. The van der Waals surface area contributed by atoms with Crippen LogP contribution in [0.2, 0.25) is 0 Å². The van der Waals surface area contributed by atoms with E-state index in [0.717, 1.165) is 49.1 Å². The largest absolute Gasteiger partial charge is 0.378 e. The number of hydrogen-bond acceptors (Lipinski definition) is 5. The third-order valence-electron chi connectivity index (χ3n) is 5.96. The average Bonchev–Trinajstić information content (AvgIpc) is 3.34. The van der Waals surface area contributed by atoms with Gasteiger partial charge in [-0.25, -0.2) is 9.97 Å². The molecule has 2 aliphatic carbocycles. The molecule has 0 bridgehead atoms. The number of nitrogens with zero attached hydrogens (tertiary/aromatic N) is 3. The molecule has 3 aromatic rings. The van der Waals surface area contributed by atoms with Gasteiger partial charge in [0, 0.05) is 6.04 Å². The predicted molar refractivity (Wildman–Crippen MR) is 105 cm³/mol. The Kier molecular flexibility index (Phi) is 4.49. The number of ether oxygens (including phenoxy) is 1. The molecule has 2 saturated carbocycles. The number of H-pyrrole nitrogens is 1. The van der Waals surface area contributed by atoms with Crippen molar-refractivity contribution >= 4 is 16.9 Å². The number of rotatable bonds is 6. The normalized spacial score (nSPS) is 27.6. The molecule has 2 aromatic heterocycles. The number of aromatic nitrogens is 4. The third kappa shape index (κ3) is 3.67. The summed E-state index contributed by atoms with van der Waals surface area (Å²) in [5, 5.41) is 11.5. The maximum Gasteiger partial charge on any atom is 0.160 e. The molecule has 0 radical (unpaired) electrons. The number of aromatic amines is 1. The summed E-state index contributed by atoms with van der Waals surface area (Å²) in [6.45, 7) is 0.907. The van der Waals surface area contributed by atoms with Gasteiger partial charge in [-0.3, -0.25) is 5.10 Å². The lowest BCUT2D eigenvalue weighted by atomic mass is 9.93. The summed E-state index contributed by atoms with van der Waals surface area (Å²) >= 11 is 0. The van der Waals surface area contributed by atoms with Crippen LogP contribution >= 0.6 is 0 Å². The molecule has 140 valence electrons. The van der Waals surface area contributed by atoms with Crippen LogP contribution in [0.1, 0.15) is 43.6 Å². The molecule has 0 saturated heterocycles. The second kappa shape index (κ2) is 7.27. The van der Waals surface area contributed by atoms with Crippen LogP contribution in [0.4, 0.5) is 5.82 Å². The molecule has 2 fully saturated rings. The van der Waals surface area contributed by atoms with Crippen LogP contribution in [0.15, 0.2) is 42.9 Å². The summed E-state index contributed by atoms with van der Waals surface area (Å²) < 4.78 is 6.25. The van der Waals surface area contributed by atoms with Crippen LogP contribution in [-0.2, 0) is 4.74 Å².